The lowest BCUT2D eigenvalue weighted by atomic mass is 10.2. The molecule has 9 heteroatoms. The molecule has 0 aliphatic heterocycles. The molecular formula is C12H11Cl2N5O2. The van der Waals surface area contributed by atoms with Crippen LogP contribution in [-0.2, 0) is 6.54 Å². The average molecular weight is 328 g/mol. The van der Waals surface area contributed by atoms with Gasteiger partial charge in [0.05, 0.1) is 4.92 Å². The number of non-ortho nitro benzene ring substituents is 1. The van der Waals surface area contributed by atoms with E-state index < -0.39 is 4.92 Å². The van der Waals surface area contributed by atoms with Crippen LogP contribution in [0.1, 0.15) is 5.56 Å². The summed E-state index contributed by atoms with van der Waals surface area (Å²) in [5.74, 6) is 0.546. The van der Waals surface area contributed by atoms with Crippen LogP contribution in [0.3, 0.4) is 0 Å². The number of hydrogen-bond acceptors (Lipinski definition) is 6. The van der Waals surface area contributed by atoms with E-state index in [2.05, 4.69) is 9.97 Å². The maximum Gasteiger partial charge on any atom is 0.269 e. The Balaban J connectivity index is 2.28. The number of nitrogens with zero attached hydrogens (tertiary/aromatic N) is 4. The van der Waals surface area contributed by atoms with E-state index >= 15 is 0 Å². The second-order valence-corrected chi connectivity index (χ2v) is 5.09. The minimum absolute atomic E-state index is 0.0250. The fourth-order valence-corrected chi connectivity index (χ4v) is 2.11. The minimum atomic E-state index is -0.473. The van der Waals surface area contributed by atoms with Gasteiger partial charge in [-0.05, 0) is 11.6 Å². The Morgan fingerprint density at radius 3 is 2.67 bits per heavy atom. The van der Waals surface area contributed by atoms with E-state index in [1.807, 2.05) is 0 Å². The first-order valence-electron chi connectivity index (χ1n) is 5.81. The Bertz CT molecular complexity index is 675. The van der Waals surface area contributed by atoms with Crippen molar-refractivity contribution in [1.29, 1.82) is 0 Å². The summed E-state index contributed by atoms with van der Waals surface area (Å²) in [6, 6.07) is 5.81. The number of nitrogens with two attached hydrogens (primary N) is 1. The van der Waals surface area contributed by atoms with Gasteiger partial charge < -0.3 is 10.6 Å². The van der Waals surface area contributed by atoms with Crippen LogP contribution in [0.5, 0.6) is 0 Å². The first-order valence-corrected chi connectivity index (χ1v) is 6.56. The van der Waals surface area contributed by atoms with Gasteiger partial charge in [-0.25, -0.2) is 4.98 Å². The highest BCUT2D eigenvalue weighted by Gasteiger charge is 2.13. The molecule has 1 aromatic heterocycles. The molecule has 0 bridgehead atoms. The average Bonchev–Trinajstić information content (AvgIpc) is 2.39. The van der Waals surface area contributed by atoms with Crippen molar-refractivity contribution in [2.75, 3.05) is 17.7 Å². The maximum absolute atomic E-state index is 10.8. The van der Waals surface area contributed by atoms with Crippen LogP contribution in [-0.4, -0.2) is 21.9 Å². The maximum atomic E-state index is 10.8. The number of rotatable bonds is 4. The van der Waals surface area contributed by atoms with Crippen molar-refractivity contribution in [2.45, 2.75) is 6.54 Å². The SMILES string of the molecule is CN(Cc1cc([N+](=O)[O-])ccc1Cl)c1cc(Cl)nc(N)n1. The Morgan fingerprint density at radius 2 is 2.05 bits per heavy atom. The van der Waals surface area contributed by atoms with E-state index in [1.165, 1.54) is 18.2 Å². The van der Waals surface area contributed by atoms with Crippen LogP contribution in [0.2, 0.25) is 10.2 Å². The molecule has 7 nitrogen and oxygen atoms in total. The molecule has 1 aromatic carbocycles. The molecular weight excluding hydrogens is 317 g/mol. The first-order chi connectivity index (χ1) is 9.86. The molecule has 21 heavy (non-hydrogen) atoms. The monoisotopic (exact) mass is 327 g/mol. The van der Waals surface area contributed by atoms with E-state index in [-0.39, 0.29) is 16.8 Å². The lowest BCUT2D eigenvalue weighted by Crippen LogP contribution is -2.19. The van der Waals surface area contributed by atoms with Crippen LogP contribution < -0.4 is 10.6 Å². The Labute approximate surface area is 130 Å². The van der Waals surface area contributed by atoms with Crippen molar-refractivity contribution in [1.82, 2.24) is 9.97 Å². The second-order valence-electron chi connectivity index (χ2n) is 4.30. The van der Waals surface area contributed by atoms with Crippen molar-refractivity contribution in [3.8, 4) is 0 Å². The molecule has 0 radical (unpaired) electrons. The van der Waals surface area contributed by atoms with Crippen molar-refractivity contribution >= 4 is 40.7 Å². The lowest BCUT2D eigenvalue weighted by Gasteiger charge is -2.19. The Morgan fingerprint density at radius 1 is 1.33 bits per heavy atom. The summed E-state index contributed by atoms with van der Waals surface area (Å²) < 4.78 is 0. The first kappa shape index (κ1) is 15.3. The summed E-state index contributed by atoms with van der Waals surface area (Å²) in [7, 11) is 1.74. The quantitative estimate of drug-likeness (QED) is 0.526. The fraction of sp³-hybridized carbons (Fsp3) is 0.167. The molecule has 0 saturated heterocycles. The number of nitro benzene ring substituents is 1. The van der Waals surface area contributed by atoms with Gasteiger partial charge in [-0.1, -0.05) is 23.2 Å². The van der Waals surface area contributed by atoms with Gasteiger partial charge in [0.1, 0.15) is 11.0 Å². The summed E-state index contributed by atoms with van der Waals surface area (Å²) in [5, 5.41) is 11.5. The zero-order valence-electron chi connectivity index (χ0n) is 11.0. The molecule has 0 fully saturated rings. The van der Waals surface area contributed by atoms with Crippen LogP contribution >= 0.6 is 23.2 Å². The summed E-state index contributed by atoms with van der Waals surface area (Å²) in [4.78, 5) is 19.9. The summed E-state index contributed by atoms with van der Waals surface area (Å²) >= 11 is 11.9. The minimum Gasteiger partial charge on any atom is -0.368 e. The normalized spacial score (nSPS) is 10.4. The topological polar surface area (TPSA) is 98.2 Å². The fourth-order valence-electron chi connectivity index (χ4n) is 1.75. The Kier molecular flexibility index (Phi) is 4.44. The van der Waals surface area contributed by atoms with Gasteiger partial charge >= 0.3 is 0 Å². The molecule has 2 aromatic rings. The van der Waals surface area contributed by atoms with E-state index in [0.29, 0.717) is 22.9 Å². The molecule has 2 rings (SSSR count). The van der Waals surface area contributed by atoms with E-state index in [4.69, 9.17) is 28.9 Å². The molecule has 110 valence electrons. The number of halogens is 2. The molecule has 0 atom stereocenters. The third-order valence-corrected chi connectivity index (χ3v) is 3.30. The van der Waals surface area contributed by atoms with Gasteiger partial charge in [0.2, 0.25) is 5.95 Å². The Hall–Kier alpha value is -2.12. The predicted molar refractivity (Wildman–Crippen MR) is 81.7 cm³/mol. The summed E-state index contributed by atoms with van der Waals surface area (Å²) in [5.41, 5.74) is 6.11. The smallest absolute Gasteiger partial charge is 0.269 e. The third-order valence-electron chi connectivity index (χ3n) is 2.74. The molecule has 2 N–H and O–H groups in total. The number of anilines is 2. The number of benzene rings is 1. The number of aromatic nitrogens is 2. The number of nitrogen functional groups attached to an aromatic ring is 1. The van der Waals surface area contributed by atoms with Crippen molar-refractivity contribution in [3.05, 3.63) is 50.1 Å². The van der Waals surface area contributed by atoms with Gasteiger partial charge in [-0.2, -0.15) is 4.98 Å². The van der Waals surface area contributed by atoms with Gasteiger partial charge in [-0.3, -0.25) is 10.1 Å². The van der Waals surface area contributed by atoms with Crippen LogP contribution in [0.4, 0.5) is 17.5 Å². The van der Waals surface area contributed by atoms with E-state index in [1.54, 1.807) is 18.0 Å². The lowest BCUT2D eigenvalue weighted by molar-refractivity contribution is -0.384. The predicted octanol–water partition coefficient (Wildman–Crippen LogP) is 2.91. The van der Waals surface area contributed by atoms with Gasteiger partial charge in [0.25, 0.3) is 5.69 Å². The van der Waals surface area contributed by atoms with Crippen LogP contribution in [0.25, 0.3) is 0 Å². The number of nitro groups is 1. The van der Waals surface area contributed by atoms with Gasteiger partial charge in [-0.15, -0.1) is 0 Å². The largest absolute Gasteiger partial charge is 0.368 e. The zero-order chi connectivity index (χ0) is 15.6. The number of hydrogen-bond donors (Lipinski definition) is 1. The standard InChI is InChI=1S/C12H11Cl2N5O2/c1-18(11-5-10(14)16-12(15)17-11)6-7-4-8(19(20)21)2-3-9(7)13/h2-5H,6H2,1H3,(H2,15,16,17). The van der Waals surface area contributed by atoms with Crippen molar-refractivity contribution in [2.24, 2.45) is 0 Å². The van der Waals surface area contributed by atoms with Crippen molar-refractivity contribution in [3.63, 3.8) is 0 Å². The van der Waals surface area contributed by atoms with Gasteiger partial charge in [0, 0.05) is 36.8 Å². The molecule has 0 aliphatic rings. The van der Waals surface area contributed by atoms with Crippen molar-refractivity contribution < 1.29 is 4.92 Å². The highest BCUT2D eigenvalue weighted by atomic mass is 35.5. The summed E-state index contributed by atoms with van der Waals surface area (Å²) in [6.07, 6.45) is 0. The molecule has 1 heterocycles. The van der Waals surface area contributed by atoms with E-state index in [0.717, 1.165) is 0 Å². The zero-order valence-corrected chi connectivity index (χ0v) is 12.5. The molecule has 0 spiro atoms. The van der Waals surface area contributed by atoms with Crippen LogP contribution in [0.15, 0.2) is 24.3 Å². The van der Waals surface area contributed by atoms with E-state index in [9.17, 15) is 10.1 Å². The molecule has 0 amide bonds. The summed E-state index contributed by atoms with van der Waals surface area (Å²) in [6.45, 7) is 0.313. The van der Waals surface area contributed by atoms with Gasteiger partial charge in [0.15, 0.2) is 0 Å². The molecule has 0 saturated carbocycles. The molecule has 0 aliphatic carbocycles. The highest BCUT2D eigenvalue weighted by molar-refractivity contribution is 6.31. The highest BCUT2D eigenvalue weighted by Crippen LogP contribution is 2.25. The second kappa shape index (κ2) is 6.11. The third kappa shape index (κ3) is 3.71. The molecule has 0 unspecified atom stereocenters. The van der Waals surface area contributed by atoms with Crippen LogP contribution in [0, 0.1) is 10.1 Å².